The van der Waals surface area contributed by atoms with E-state index < -0.39 is 0 Å². The summed E-state index contributed by atoms with van der Waals surface area (Å²) in [6, 6.07) is 9.75. The predicted octanol–water partition coefficient (Wildman–Crippen LogP) is 3.44. The van der Waals surface area contributed by atoms with Gasteiger partial charge in [-0.05, 0) is 43.7 Å². The van der Waals surface area contributed by atoms with E-state index in [1.807, 2.05) is 6.07 Å². The highest BCUT2D eigenvalue weighted by atomic mass is 16.5. The molecular formula is C18H28N2O. The molecule has 1 aromatic rings. The van der Waals surface area contributed by atoms with E-state index >= 15 is 0 Å². The van der Waals surface area contributed by atoms with Crippen molar-refractivity contribution in [3.8, 4) is 5.75 Å². The first-order valence-electron chi connectivity index (χ1n) is 8.37. The molecule has 0 amide bonds. The van der Waals surface area contributed by atoms with E-state index in [-0.39, 0.29) is 0 Å². The van der Waals surface area contributed by atoms with Crippen LogP contribution < -0.4 is 15.0 Å². The second kappa shape index (κ2) is 6.69. The average Bonchev–Trinajstić information content (AvgIpc) is 2.54. The molecule has 1 heterocycles. The van der Waals surface area contributed by atoms with Crippen LogP contribution in [-0.4, -0.2) is 32.8 Å². The number of nitrogens with zero attached hydrogens (tertiary/aromatic N) is 1. The molecule has 3 atom stereocenters. The Morgan fingerprint density at radius 1 is 1.19 bits per heavy atom. The second-order valence-electron chi connectivity index (χ2n) is 6.67. The van der Waals surface area contributed by atoms with Gasteiger partial charge in [-0.15, -0.1) is 0 Å². The van der Waals surface area contributed by atoms with Gasteiger partial charge in [0, 0.05) is 37.4 Å². The maximum absolute atomic E-state index is 5.32. The Kier molecular flexibility index (Phi) is 4.69. The van der Waals surface area contributed by atoms with Crippen LogP contribution in [0.25, 0.3) is 0 Å². The molecular weight excluding hydrogens is 260 g/mol. The second-order valence-corrected chi connectivity index (χ2v) is 6.67. The highest BCUT2D eigenvalue weighted by Crippen LogP contribution is 2.32. The lowest BCUT2D eigenvalue weighted by Crippen LogP contribution is -2.52. The van der Waals surface area contributed by atoms with E-state index in [1.54, 1.807) is 7.11 Å². The Morgan fingerprint density at radius 3 is 2.90 bits per heavy atom. The molecule has 1 aromatic carbocycles. The zero-order valence-electron chi connectivity index (χ0n) is 13.3. The predicted molar refractivity (Wildman–Crippen MR) is 88.2 cm³/mol. The molecule has 1 N–H and O–H groups in total. The Bertz CT molecular complexity index is 462. The van der Waals surface area contributed by atoms with Crippen LogP contribution in [0.15, 0.2) is 24.3 Å². The number of fused-ring (bicyclic) bond motifs is 1. The number of ether oxygens (including phenoxy) is 1. The largest absolute Gasteiger partial charge is 0.497 e. The lowest BCUT2D eigenvalue weighted by Gasteiger charge is -2.41. The van der Waals surface area contributed by atoms with Crippen molar-refractivity contribution >= 4 is 5.69 Å². The summed E-state index contributed by atoms with van der Waals surface area (Å²) in [6.45, 7) is 1.08. The third kappa shape index (κ3) is 3.52. The van der Waals surface area contributed by atoms with Gasteiger partial charge < -0.3 is 15.0 Å². The summed E-state index contributed by atoms with van der Waals surface area (Å²) in [6.07, 6.45) is 8.40. The van der Waals surface area contributed by atoms with Crippen LogP contribution in [0.4, 0.5) is 5.69 Å². The monoisotopic (exact) mass is 288 g/mol. The van der Waals surface area contributed by atoms with E-state index in [2.05, 4.69) is 35.5 Å². The fourth-order valence-electron chi connectivity index (χ4n) is 4.00. The fourth-order valence-corrected chi connectivity index (χ4v) is 4.00. The summed E-state index contributed by atoms with van der Waals surface area (Å²) in [5.74, 6) is 1.88. The molecule has 21 heavy (non-hydrogen) atoms. The Hall–Kier alpha value is -1.22. The summed E-state index contributed by atoms with van der Waals surface area (Å²) < 4.78 is 5.32. The van der Waals surface area contributed by atoms with Gasteiger partial charge in [0.1, 0.15) is 5.75 Å². The van der Waals surface area contributed by atoms with E-state index in [0.717, 1.165) is 24.3 Å². The average molecular weight is 288 g/mol. The van der Waals surface area contributed by atoms with Gasteiger partial charge in [-0.2, -0.15) is 0 Å². The van der Waals surface area contributed by atoms with Crippen molar-refractivity contribution in [2.45, 2.75) is 50.6 Å². The molecule has 0 radical (unpaired) electrons. The van der Waals surface area contributed by atoms with E-state index in [0.29, 0.717) is 6.04 Å². The van der Waals surface area contributed by atoms with Crippen LogP contribution in [0.3, 0.4) is 0 Å². The molecule has 0 bridgehead atoms. The first-order chi connectivity index (χ1) is 10.3. The van der Waals surface area contributed by atoms with Crippen molar-refractivity contribution in [3.05, 3.63) is 24.3 Å². The molecule has 1 aliphatic carbocycles. The van der Waals surface area contributed by atoms with Crippen molar-refractivity contribution < 1.29 is 4.74 Å². The number of anilines is 1. The van der Waals surface area contributed by atoms with Crippen LogP contribution in [0.1, 0.15) is 38.5 Å². The highest BCUT2D eigenvalue weighted by molar-refractivity contribution is 5.50. The first-order valence-corrected chi connectivity index (χ1v) is 8.37. The summed E-state index contributed by atoms with van der Waals surface area (Å²) in [5.41, 5.74) is 1.24. The van der Waals surface area contributed by atoms with Crippen LogP contribution in [0, 0.1) is 5.92 Å². The molecule has 3 heteroatoms. The molecule has 1 saturated carbocycles. The molecule has 2 fully saturated rings. The minimum Gasteiger partial charge on any atom is -0.497 e. The van der Waals surface area contributed by atoms with Gasteiger partial charge in [-0.25, -0.2) is 0 Å². The van der Waals surface area contributed by atoms with Crippen molar-refractivity contribution in [1.82, 2.24) is 5.32 Å². The summed E-state index contributed by atoms with van der Waals surface area (Å²) in [5, 5.41) is 3.91. The van der Waals surface area contributed by atoms with Crippen molar-refractivity contribution in [3.63, 3.8) is 0 Å². The van der Waals surface area contributed by atoms with Gasteiger partial charge in [-0.1, -0.05) is 18.9 Å². The smallest absolute Gasteiger partial charge is 0.120 e. The summed E-state index contributed by atoms with van der Waals surface area (Å²) in [4.78, 5) is 2.35. The minimum absolute atomic E-state index is 0.626. The van der Waals surface area contributed by atoms with Crippen molar-refractivity contribution in [2.75, 3.05) is 25.6 Å². The van der Waals surface area contributed by atoms with Crippen molar-refractivity contribution in [2.24, 2.45) is 5.92 Å². The quantitative estimate of drug-likeness (QED) is 0.918. The topological polar surface area (TPSA) is 24.5 Å². The van der Waals surface area contributed by atoms with Crippen LogP contribution in [0.5, 0.6) is 5.75 Å². The molecule has 2 aliphatic rings. The molecule has 3 rings (SSSR count). The zero-order valence-corrected chi connectivity index (χ0v) is 13.3. The van der Waals surface area contributed by atoms with Gasteiger partial charge in [-0.3, -0.25) is 0 Å². The maximum atomic E-state index is 5.32. The number of likely N-dealkylation sites (N-methyl/N-ethyl adjacent to an activating group) is 1. The van der Waals surface area contributed by atoms with Crippen LogP contribution in [-0.2, 0) is 0 Å². The Balaban J connectivity index is 1.58. The lowest BCUT2D eigenvalue weighted by molar-refractivity contribution is 0.178. The molecule has 1 saturated heterocycles. The molecule has 0 aromatic heterocycles. The molecule has 1 aliphatic heterocycles. The lowest BCUT2D eigenvalue weighted by atomic mass is 9.78. The number of rotatable bonds is 4. The van der Waals surface area contributed by atoms with Gasteiger partial charge in [0.2, 0.25) is 0 Å². The van der Waals surface area contributed by atoms with E-state index in [1.165, 1.54) is 44.2 Å². The van der Waals surface area contributed by atoms with E-state index in [9.17, 15) is 0 Å². The number of piperidine rings is 1. The van der Waals surface area contributed by atoms with E-state index in [4.69, 9.17) is 4.74 Å². The van der Waals surface area contributed by atoms with Gasteiger partial charge in [0.15, 0.2) is 0 Å². The van der Waals surface area contributed by atoms with Crippen LogP contribution in [0.2, 0.25) is 0 Å². The highest BCUT2D eigenvalue weighted by Gasteiger charge is 2.31. The number of hydrogen-bond donors (Lipinski definition) is 1. The van der Waals surface area contributed by atoms with Gasteiger partial charge in [0.25, 0.3) is 0 Å². The SMILES string of the molecule is COc1cccc(N(C)CC2CCC3CCCCC3N2)c1. The molecule has 0 spiro atoms. The number of nitrogens with one attached hydrogen (secondary N) is 1. The number of benzene rings is 1. The standard InChI is InChI=1S/C18H28N2O/c1-20(16-7-5-8-17(12-16)21-2)13-15-11-10-14-6-3-4-9-18(14)19-15/h5,7-8,12,14-15,18-19H,3-4,6,9-11,13H2,1-2H3. The zero-order chi connectivity index (χ0) is 14.7. The third-order valence-electron chi connectivity index (χ3n) is 5.23. The summed E-state index contributed by atoms with van der Waals surface area (Å²) >= 11 is 0. The first kappa shape index (κ1) is 14.7. The molecule has 116 valence electrons. The Morgan fingerprint density at radius 2 is 2.05 bits per heavy atom. The Labute approximate surface area is 128 Å². The maximum Gasteiger partial charge on any atom is 0.120 e. The molecule has 3 nitrogen and oxygen atoms in total. The number of hydrogen-bond acceptors (Lipinski definition) is 3. The van der Waals surface area contributed by atoms with Gasteiger partial charge >= 0.3 is 0 Å². The third-order valence-corrected chi connectivity index (χ3v) is 5.23. The minimum atomic E-state index is 0.626. The normalized spacial score (nSPS) is 28.8. The fraction of sp³-hybridized carbons (Fsp3) is 0.667. The van der Waals surface area contributed by atoms with Crippen LogP contribution >= 0.6 is 0 Å². The van der Waals surface area contributed by atoms with Gasteiger partial charge in [0.05, 0.1) is 7.11 Å². The van der Waals surface area contributed by atoms with Crippen molar-refractivity contribution in [1.29, 1.82) is 0 Å². The summed E-state index contributed by atoms with van der Waals surface area (Å²) in [7, 11) is 3.91. The number of methoxy groups -OCH3 is 1. The molecule has 3 unspecified atom stereocenters.